The Hall–Kier alpha value is -1.71. The van der Waals surface area contributed by atoms with Crippen LogP contribution in [0.25, 0.3) is 0 Å². The summed E-state index contributed by atoms with van der Waals surface area (Å²) in [5.41, 5.74) is 0. The number of likely N-dealkylation sites (tertiary alicyclic amines) is 1. The van der Waals surface area contributed by atoms with Crippen LogP contribution in [0, 0.1) is 11.8 Å². The van der Waals surface area contributed by atoms with Gasteiger partial charge in [0.05, 0.1) is 18.3 Å². The van der Waals surface area contributed by atoms with E-state index in [2.05, 4.69) is 25.7 Å². The van der Waals surface area contributed by atoms with Crippen molar-refractivity contribution in [3.05, 3.63) is 0 Å². The van der Waals surface area contributed by atoms with Crippen LogP contribution in [0.4, 0.5) is 0 Å². The summed E-state index contributed by atoms with van der Waals surface area (Å²) in [5, 5.41) is 0. The van der Waals surface area contributed by atoms with Crippen molar-refractivity contribution in [1.82, 2.24) is 4.90 Å². The quantitative estimate of drug-likeness (QED) is 0.0264. The summed E-state index contributed by atoms with van der Waals surface area (Å²) < 4.78 is 29.1. The first-order valence-electron chi connectivity index (χ1n) is 22.3. The second kappa shape index (κ2) is 36.0. The van der Waals surface area contributed by atoms with E-state index in [0.29, 0.717) is 32.6 Å². The van der Waals surface area contributed by atoms with Crippen LogP contribution < -0.4 is 0 Å². The third-order valence-electron chi connectivity index (χ3n) is 10.3. The van der Waals surface area contributed by atoms with E-state index in [0.717, 1.165) is 57.9 Å². The lowest BCUT2D eigenvalue weighted by atomic mass is 10.1. The Labute approximate surface area is 325 Å². The van der Waals surface area contributed by atoms with E-state index in [1.54, 1.807) is 0 Å². The van der Waals surface area contributed by atoms with Crippen molar-refractivity contribution < 1.29 is 38.1 Å². The Morgan fingerprint density at radius 3 is 1.42 bits per heavy atom. The number of nitrogens with zero attached hydrogens (tertiary/aromatic N) is 1. The first-order chi connectivity index (χ1) is 25.9. The van der Waals surface area contributed by atoms with Gasteiger partial charge in [0.2, 0.25) is 0 Å². The zero-order valence-corrected chi connectivity index (χ0v) is 35.0. The average Bonchev–Trinajstić information content (AvgIpc) is 3.60. The van der Waals surface area contributed by atoms with Gasteiger partial charge in [-0.05, 0) is 39.3 Å². The van der Waals surface area contributed by atoms with Crippen LogP contribution in [0.2, 0.25) is 0 Å². The van der Waals surface area contributed by atoms with Gasteiger partial charge in [0.15, 0.2) is 6.29 Å². The molecule has 1 heterocycles. The molecule has 0 saturated carbocycles. The highest BCUT2D eigenvalue weighted by atomic mass is 16.7. The number of esters is 3. The number of carbonyl (C=O) groups is 3. The van der Waals surface area contributed by atoms with Crippen LogP contribution >= 0.6 is 0 Å². The van der Waals surface area contributed by atoms with Crippen LogP contribution in [0.3, 0.4) is 0 Å². The molecule has 0 aromatic heterocycles. The molecule has 312 valence electrons. The van der Waals surface area contributed by atoms with Crippen molar-refractivity contribution in [2.75, 3.05) is 53.2 Å². The Bertz CT molecular complexity index is 852. The molecule has 0 amide bonds. The number of hydrogen-bond acceptors (Lipinski definition) is 9. The molecule has 9 heteroatoms. The molecule has 0 aromatic carbocycles. The highest BCUT2D eigenvalue weighted by Crippen LogP contribution is 2.18. The Kier molecular flexibility index (Phi) is 33.5. The molecule has 2 atom stereocenters. The van der Waals surface area contributed by atoms with Crippen LogP contribution in [0.1, 0.15) is 194 Å². The summed E-state index contributed by atoms with van der Waals surface area (Å²) in [7, 11) is 1.99. The van der Waals surface area contributed by atoms with Crippen molar-refractivity contribution >= 4 is 17.9 Å². The molecular weight excluding hydrogens is 670 g/mol. The van der Waals surface area contributed by atoms with Gasteiger partial charge in [-0.1, -0.05) is 149 Å². The molecular formula is C44H83NO8. The van der Waals surface area contributed by atoms with E-state index in [-0.39, 0.29) is 50.1 Å². The maximum Gasteiger partial charge on any atom is 0.310 e. The van der Waals surface area contributed by atoms with Gasteiger partial charge in [0.25, 0.3) is 0 Å². The number of unbranched alkanes of at least 4 members (excludes halogenated alkanes) is 20. The lowest BCUT2D eigenvalue weighted by Gasteiger charge is -2.20. The molecule has 1 aliphatic heterocycles. The monoisotopic (exact) mass is 754 g/mol. The van der Waals surface area contributed by atoms with Gasteiger partial charge in [-0.3, -0.25) is 14.4 Å². The fourth-order valence-corrected chi connectivity index (χ4v) is 6.73. The fraction of sp³-hybridized carbons (Fsp3) is 0.932. The smallest absolute Gasteiger partial charge is 0.310 e. The minimum atomic E-state index is -0.438. The number of hydrogen-bond donors (Lipinski definition) is 0. The minimum absolute atomic E-state index is 0.0182. The van der Waals surface area contributed by atoms with Crippen LogP contribution in [-0.4, -0.2) is 82.3 Å². The maximum atomic E-state index is 12.9. The number of ether oxygens (including phenoxy) is 5. The zero-order chi connectivity index (χ0) is 38.6. The van der Waals surface area contributed by atoms with Crippen LogP contribution in [-0.2, 0) is 38.1 Å². The molecule has 0 spiro atoms. The molecule has 0 aromatic rings. The van der Waals surface area contributed by atoms with Crippen molar-refractivity contribution in [1.29, 1.82) is 0 Å². The molecule has 1 fully saturated rings. The average molecular weight is 754 g/mol. The third-order valence-corrected chi connectivity index (χ3v) is 10.3. The second-order valence-corrected chi connectivity index (χ2v) is 15.6. The van der Waals surface area contributed by atoms with E-state index in [1.807, 2.05) is 7.05 Å². The lowest BCUT2D eigenvalue weighted by molar-refractivity contribution is -0.162. The first kappa shape index (κ1) is 49.3. The molecule has 1 rings (SSSR count). The summed E-state index contributed by atoms with van der Waals surface area (Å²) in [5.74, 6) is -1.44. The van der Waals surface area contributed by atoms with E-state index < -0.39 is 12.2 Å². The molecule has 2 unspecified atom stereocenters. The van der Waals surface area contributed by atoms with Gasteiger partial charge in [-0.15, -0.1) is 0 Å². The summed E-state index contributed by atoms with van der Waals surface area (Å²) >= 11 is 0. The normalized spacial score (nSPS) is 15.2. The highest BCUT2D eigenvalue weighted by Gasteiger charge is 2.28. The van der Waals surface area contributed by atoms with Crippen molar-refractivity contribution in [2.45, 2.75) is 200 Å². The van der Waals surface area contributed by atoms with Gasteiger partial charge in [-0.2, -0.15) is 0 Å². The zero-order valence-electron chi connectivity index (χ0n) is 35.0. The standard InChI is InChI=1S/C44H83NO8/c1-5-8-11-14-17-18-19-20-21-22-25-28-41(46)51-36-39(38-53-44(48)40-31-32-45(4)35-40)37-52-42(47)29-30-43(49-33-26-23-15-12-9-6-2)50-34-27-24-16-13-10-7-3/h39-40,43H,5-38H2,1-4H3. The molecule has 1 aliphatic rings. The van der Waals surface area contributed by atoms with Gasteiger partial charge in [0, 0.05) is 32.6 Å². The van der Waals surface area contributed by atoms with Gasteiger partial charge in [-0.25, -0.2) is 0 Å². The molecule has 0 N–H and O–H groups in total. The van der Waals surface area contributed by atoms with E-state index in [1.165, 1.54) is 103 Å². The molecule has 0 aliphatic carbocycles. The number of rotatable bonds is 38. The van der Waals surface area contributed by atoms with Crippen LogP contribution in [0.15, 0.2) is 0 Å². The highest BCUT2D eigenvalue weighted by molar-refractivity contribution is 5.73. The van der Waals surface area contributed by atoms with Crippen molar-refractivity contribution in [2.24, 2.45) is 11.8 Å². The van der Waals surface area contributed by atoms with E-state index in [9.17, 15) is 14.4 Å². The van der Waals surface area contributed by atoms with E-state index in [4.69, 9.17) is 23.7 Å². The van der Waals surface area contributed by atoms with Gasteiger partial charge < -0.3 is 28.6 Å². The topological polar surface area (TPSA) is 101 Å². The summed E-state index contributed by atoms with van der Waals surface area (Å²) in [6.45, 7) is 9.59. The lowest BCUT2D eigenvalue weighted by Crippen LogP contribution is -2.29. The molecule has 53 heavy (non-hydrogen) atoms. The molecule has 0 radical (unpaired) electrons. The Morgan fingerprint density at radius 2 is 0.962 bits per heavy atom. The Morgan fingerprint density at radius 1 is 0.547 bits per heavy atom. The fourth-order valence-electron chi connectivity index (χ4n) is 6.73. The molecule has 1 saturated heterocycles. The third kappa shape index (κ3) is 30.2. The molecule has 0 bridgehead atoms. The van der Waals surface area contributed by atoms with Gasteiger partial charge >= 0.3 is 17.9 Å². The predicted octanol–water partition coefficient (Wildman–Crippen LogP) is 10.7. The van der Waals surface area contributed by atoms with Crippen LogP contribution in [0.5, 0.6) is 0 Å². The van der Waals surface area contributed by atoms with Gasteiger partial charge in [0.1, 0.15) is 19.8 Å². The summed E-state index contributed by atoms with van der Waals surface area (Å²) in [4.78, 5) is 40.3. The first-order valence-corrected chi connectivity index (χ1v) is 22.3. The predicted molar refractivity (Wildman–Crippen MR) is 215 cm³/mol. The SMILES string of the molecule is CCCCCCCCCCCCCC(=O)OCC(COC(=O)CCC(OCCCCCCCC)OCCCCCCCC)COC(=O)C1CCN(C)C1. The maximum absolute atomic E-state index is 12.9. The van der Waals surface area contributed by atoms with Crippen molar-refractivity contribution in [3.63, 3.8) is 0 Å². The number of carbonyl (C=O) groups excluding carboxylic acids is 3. The largest absolute Gasteiger partial charge is 0.465 e. The van der Waals surface area contributed by atoms with E-state index >= 15 is 0 Å². The molecule has 9 nitrogen and oxygen atoms in total. The Balaban J connectivity index is 2.50. The van der Waals surface area contributed by atoms with Crippen molar-refractivity contribution in [3.8, 4) is 0 Å². The summed E-state index contributed by atoms with van der Waals surface area (Å²) in [6, 6.07) is 0. The second-order valence-electron chi connectivity index (χ2n) is 15.6. The minimum Gasteiger partial charge on any atom is -0.465 e. The summed E-state index contributed by atoms with van der Waals surface area (Å²) in [6.07, 6.45) is 28.9.